The van der Waals surface area contributed by atoms with E-state index in [0.717, 1.165) is 12.3 Å². The highest BCUT2D eigenvalue weighted by molar-refractivity contribution is 7.99. The summed E-state index contributed by atoms with van der Waals surface area (Å²) in [6.07, 6.45) is 2.29. The maximum Gasteiger partial charge on any atom is 0.0255 e. The molecule has 2 atom stereocenters. The van der Waals surface area contributed by atoms with Gasteiger partial charge in [-0.15, -0.1) is 23.4 Å². The Labute approximate surface area is 130 Å². The van der Waals surface area contributed by atoms with Gasteiger partial charge in [0.15, 0.2) is 0 Å². The number of rotatable bonds is 5. The molecule has 0 fully saturated rings. The smallest absolute Gasteiger partial charge is 0.0255 e. The molecular formula is C18H19ClS. The molecule has 0 bridgehead atoms. The van der Waals surface area contributed by atoms with Crippen LogP contribution < -0.4 is 0 Å². The van der Waals surface area contributed by atoms with Gasteiger partial charge >= 0.3 is 0 Å². The minimum absolute atomic E-state index is 0.566. The molecule has 1 heterocycles. The molecule has 0 saturated heterocycles. The van der Waals surface area contributed by atoms with Crippen molar-refractivity contribution in [1.29, 1.82) is 0 Å². The molecule has 104 valence electrons. The van der Waals surface area contributed by atoms with E-state index in [-0.39, 0.29) is 0 Å². The van der Waals surface area contributed by atoms with Gasteiger partial charge in [0.2, 0.25) is 0 Å². The molecule has 0 aliphatic carbocycles. The summed E-state index contributed by atoms with van der Waals surface area (Å²) in [4.78, 5) is 1.46. The molecule has 2 unspecified atom stereocenters. The molecule has 0 N–H and O–H groups in total. The van der Waals surface area contributed by atoms with E-state index in [2.05, 4.69) is 54.6 Å². The first kappa shape index (κ1) is 14.0. The van der Waals surface area contributed by atoms with E-state index in [1.54, 1.807) is 0 Å². The van der Waals surface area contributed by atoms with Crippen LogP contribution in [0.1, 0.15) is 23.5 Å². The van der Waals surface area contributed by atoms with Crippen molar-refractivity contribution in [2.45, 2.75) is 23.7 Å². The minimum Gasteiger partial charge on any atom is -0.126 e. The Kier molecular flexibility index (Phi) is 4.69. The topological polar surface area (TPSA) is 0 Å². The summed E-state index contributed by atoms with van der Waals surface area (Å²) < 4.78 is 0. The van der Waals surface area contributed by atoms with E-state index in [1.165, 1.54) is 28.2 Å². The maximum atomic E-state index is 6.22. The Morgan fingerprint density at radius 1 is 1.05 bits per heavy atom. The van der Waals surface area contributed by atoms with Crippen molar-refractivity contribution in [2.24, 2.45) is 5.92 Å². The number of alkyl halides is 1. The molecule has 2 heteroatoms. The molecular weight excluding hydrogens is 284 g/mol. The summed E-state index contributed by atoms with van der Waals surface area (Å²) in [5.74, 6) is 3.19. The van der Waals surface area contributed by atoms with Crippen molar-refractivity contribution < 1.29 is 0 Å². The van der Waals surface area contributed by atoms with Crippen LogP contribution in [0.4, 0.5) is 0 Å². The fourth-order valence-electron chi connectivity index (χ4n) is 2.98. The SMILES string of the molecule is ClCC(Cc1ccccc1)CC1CSc2ccccc21. The Morgan fingerprint density at radius 2 is 1.80 bits per heavy atom. The molecule has 0 radical (unpaired) electrons. The lowest BCUT2D eigenvalue weighted by molar-refractivity contribution is 0.491. The largest absolute Gasteiger partial charge is 0.126 e. The number of fused-ring (bicyclic) bond motifs is 1. The van der Waals surface area contributed by atoms with Crippen LogP contribution in [0.2, 0.25) is 0 Å². The summed E-state index contributed by atoms with van der Waals surface area (Å²) in [6, 6.07) is 19.5. The van der Waals surface area contributed by atoms with Crippen LogP contribution in [0.5, 0.6) is 0 Å². The monoisotopic (exact) mass is 302 g/mol. The Morgan fingerprint density at radius 3 is 2.60 bits per heavy atom. The van der Waals surface area contributed by atoms with Crippen LogP contribution in [0.15, 0.2) is 59.5 Å². The fraction of sp³-hybridized carbons (Fsp3) is 0.333. The second-order valence-electron chi connectivity index (χ2n) is 5.49. The van der Waals surface area contributed by atoms with E-state index in [9.17, 15) is 0 Å². The highest BCUT2D eigenvalue weighted by Gasteiger charge is 2.25. The summed E-state index contributed by atoms with van der Waals surface area (Å²) in [6.45, 7) is 0. The third kappa shape index (κ3) is 3.21. The van der Waals surface area contributed by atoms with E-state index < -0.39 is 0 Å². The lowest BCUT2D eigenvalue weighted by atomic mass is 9.88. The first-order valence-corrected chi connectivity index (χ1v) is 8.70. The predicted octanol–water partition coefficient (Wildman–Crippen LogP) is 5.36. The van der Waals surface area contributed by atoms with Crippen LogP contribution in [-0.2, 0) is 6.42 Å². The molecule has 3 rings (SSSR count). The first-order valence-electron chi connectivity index (χ1n) is 7.18. The van der Waals surface area contributed by atoms with Gasteiger partial charge in [-0.2, -0.15) is 0 Å². The van der Waals surface area contributed by atoms with Gasteiger partial charge in [-0.1, -0.05) is 48.5 Å². The maximum absolute atomic E-state index is 6.22. The average molecular weight is 303 g/mol. The summed E-state index contributed by atoms with van der Waals surface area (Å²) in [7, 11) is 0. The van der Waals surface area contributed by atoms with Crippen LogP contribution in [0, 0.1) is 5.92 Å². The Bertz CT molecular complexity index is 552. The average Bonchev–Trinajstić information content (AvgIpc) is 2.91. The molecule has 0 amide bonds. The van der Waals surface area contributed by atoms with Crippen molar-refractivity contribution in [3.05, 3.63) is 65.7 Å². The lowest BCUT2D eigenvalue weighted by Crippen LogP contribution is -2.12. The van der Waals surface area contributed by atoms with Gasteiger partial charge in [-0.3, -0.25) is 0 Å². The zero-order valence-electron chi connectivity index (χ0n) is 11.5. The number of benzene rings is 2. The Balaban J connectivity index is 1.67. The van der Waals surface area contributed by atoms with Gasteiger partial charge in [-0.05, 0) is 41.9 Å². The van der Waals surface area contributed by atoms with E-state index in [0.29, 0.717) is 11.8 Å². The van der Waals surface area contributed by atoms with Gasteiger partial charge in [0, 0.05) is 16.5 Å². The van der Waals surface area contributed by atoms with Crippen molar-refractivity contribution >= 4 is 23.4 Å². The van der Waals surface area contributed by atoms with Crippen molar-refractivity contribution in [3.8, 4) is 0 Å². The van der Waals surface area contributed by atoms with Gasteiger partial charge in [0.25, 0.3) is 0 Å². The standard InChI is InChI=1S/C18H19ClS/c19-12-15(10-14-6-2-1-3-7-14)11-16-13-20-18-9-5-4-8-17(16)18/h1-9,15-16H,10-13H2. The van der Waals surface area contributed by atoms with Crippen LogP contribution in [0.25, 0.3) is 0 Å². The van der Waals surface area contributed by atoms with Gasteiger partial charge < -0.3 is 0 Å². The number of halogens is 1. The van der Waals surface area contributed by atoms with Gasteiger partial charge in [0.1, 0.15) is 0 Å². The van der Waals surface area contributed by atoms with Gasteiger partial charge in [-0.25, -0.2) is 0 Å². The molecule has 0 nitrogen and oxygen atoms in total. The van der Waals surface area contributed by atoms with Crippen molar-refractivity contribution in [1.82, 2.24) is 0 Å². The van der Waals surface area contributed by atoms with Crippen LogP contribution in [-0.4, -0.2) is 11.6 Å². The first-order chi connectivity index (χ1) is 9.86. The zero-order chi connectivity index (χ0) is 13.8. The molecule has 0 spiro atoms. The van der Waals surface area contributed by atoms with Gasteiger partial charge in [0.05, 0.1) is 0 Å². The van der Waals surface area contributed by atoms with Crippen LogP contribution >= 0.6 is 23.4 Å². The molecule has 1 aliphatic rings. The summed E-state index contributed by atoms with van der Waals surface area (Å²) in [5.41, 5.74) is 2.93. The minimum atomic E-state index is 0.566. The third-order valence-electron chi connectivity index (χ3n) is 4.00. The van der Waals surface area contributed by atoms with E-state index in [1.807, 2.05) is 11.8 Å². The second kappa shape index (κ2) is 6.69. The number of hydrogen-bond donors (Lipinski definition) is 0. The third-order valence-corrected chi connectivity index (χ3v) is 5.69. The highest BCUT2D eigenvalue weighted by Crippen LogP contribution is 2.42. The lowest BCUT2D eigenvalue weighted by Gasteiger charge is -2.19. The molecule has 1 aliphatic heterocycles. The summed E-state index contributed by atoms with van der Waals surface area (Å²) >= 11 is 8.21. The highest BCUT2D eigenvalue weighted by atomic mass is 35.5. The van der Waals surface area contributed by atoms with E-state index in [4.69, 9.17) is 11.6 Å². The molecule has 0 saturated carbocycles. The predicted molar refractivity (Wildman–Crippen MR) is 88.9 cm³/mol. The zero-order valence-corrected chi connectivity index (χ0v) is 13.0. The molecule has 20 heavy (non-hydrogen) atoms. The normalized spacial score (nSPS) is 18.8. The van der Waals surface area contributed by atoms with Crippen molar-refractivity contribution in [2.75, 3.05) is 11.6 Å². The fourth-order valence-corrected chi connectivity index (χ4v) is 4.48. The molecule has 2 aromatic carbocycles. The molecule has 0 aromatic heterocycles. The number of thioether (sulfide) groups is 1. The quantitative estimate of drug-likeness (QED) is 0.670. The van der Waals surface area contributed by atoms with Crippen molar-refractivity contribution in [3.63, 3.8) is 0 Å². The molecule has 2 aromatic rings. The van der Waals surface area contributed by atoms with Crippen LogP contribution in [0.3, 0.4) is 0 Å². The number of hydrogen-bond acceptors (Lipinski definition) is 1. The Hall–Kier alpha value is -0.920. The summed E-state index contributed by atoms with van der Waals surface area (Å²) in [5, 5.41) is 0. The van der Waals surface area contributed by atoms with E-state index >= 15 is 0 Å². The second-order valence-corrected chi connectivity index (χ2v) is 6.86.